The van der Waals surface area contributed by atoms with Crippen LogP contribution in [0.15, 0.2) is 46.4 Å². The van der Waals surface area contributed by atoms with Crippen LogP contribution in [0, 0.1) is 0 Å². The molecular formula is C21H24BrN3OS. The molecule has 0 spiro atoms. The van der Waals surface area contributed by atoms with Crippen LogP contribution in [-0.4, -0.2) is 49.7 Å². The second kappa shape index (κ2) is 8.59. The van der Waals surface area contributed by atoms with E-state index in [1.807, 2.05) is 29.7 Å². The van der Waals surface area contributed by atoms with Crippen LogP contribution in [0.25, 0.3) is 10.1 Å². The van der Waals surface area contributed by atoms with Crippen molar-refractivity contribution < 1.29 is 4.74 Å². The Bertz CT molecular complexity index is 905. The van der Waals surface area contributed by atoms with Crippen LogP contribution >= 0.6 is 27.3 Å². The molecule has 0 amide bonds. The molecular weight excluding hydrogens is 422 g/mol. The third-order valence-corrected chi connectivity index (χ3v) is 6.68. The summed E-state index contributed by atoms with van der Waals surface area (Å²) >= 11 is 5.44. The van der Waals surface area contributed by atoms with Gasteiger partial charge < -0.3 is 9.64 Å². The van der Waals surface area contributed by atoms with Gasteiger partial charge >= 0.3 is 0 Å². The molecule has 0 bridgehead atoms. The second-order valence-electron chi connectivity index (χ2n) is 6.86. The van der Waals surface area contributed by atoms with Crippen LogP contribution in [0.3, 0.4) is 0 Å². The molecule has 1 saturated heterocycles. The molecule has 0 aliphatic carbocycles. The van der Waals surface area contributed by atoms with Gasteiger partial charge in [-0.2, -0.15) is 0 Å². The molecule has 4 nitrogen and oxygen atoms in total. The molecule has 6 heteroatoms. The smallest absolute Gasteiger partial charge is 0.171 e. The van der Waals surface area contributed by atoms with E-state index in [0.29, 0.717) is 0 Å². The minimum absolute atomic E-state index is 0.862. The Labute approximate surface area is 172 Å². The molecule has 0 atom stereocenters. The van der Waals surface area contributed by atoms with Crippen molar-refractivity contribution in [2.45, 2.75) is 12.8 Å². The maximum atomic E-state index is 5.46. The molecule has 1 fully saturated rings. The Hall–Kier alpha value is -1.63. The Morgan fingerprint density at radius 3 is 2.85 bits per heavy atom. The molecule has 3 heterocycles. The highest BCUT2D eigenvalue weighted by Crippen LogP contribution is 2.30. The standard InChI is InChI=1S/C21H24BrN3OS/c1-26-19-5-2-8-23-21(19)25-12-10-24(11-13-25)9-3-4-16-15-27-20-7-6-17(22)14-18(16)20/h2,5-8,14-15H,3-4,9-13H2,1H3. The van der Waals surface area contributed by atoms with Crippen molar-refractivity contribution in [2.24, 2.45) is 0 Å². The predicted octanol–water partition coefficient (Wildman–Crippen LogP) is 4.82. The number of rotatable bonds is 6. The molecule has 142 valence electrons. The first-order valence-electron chi connectivity index (χ1n) is 9.36. The van der Waals surface area contributed by atoms with Gasteiger partial charge in [-0.15, -0.1) is 11.3 Å². The first kappa shape index (κ1) is 18.7. The van der Waals surface area contributed by atoms with E-state index in [1.54, 1.807) is 7.11 Å². The number of halogens is 1. The van der Waals surface area contributed by atoms with E-state index in [1.165, 1.54) is 22.1 Å². The van der Waals surface area contributed by atoms with Crippen LogP contribution in [0.1, 0.15) is 12.0 Å². The second-order valence-corrected chi connectivity index (χ2v) is 8.69. The predicted molar refractivity (Wildman–Crippen MR) is 117 cm³/mol. The number of benzene rings is 1. The molecule has 0 radical (unpaired) electrons. The lowest BCUT2D eigenvalue weighted by atomic mass is 10.1. The molecule has 1 aromatic carbocycles. The summed E-state index contributed by atoms with van der Waals surface area (Å²) in [7, 11) is 1.71. The molecule has 2 aromatic heterocycles. The summed E-state index contributed by atoms with van der Waals surface area (Å²) < 4.78 is 8.00. The van der Waals surface area contributed by atoms with Crippen LogP contribution in [0.5, 0.6) is 5.75 Å². The van der Waals surface area contributed by atoms with Gasteiger partial charge in [0.15, 0.2) is 11.6 Å². The van der Waals surface area contributed by atoms with E-state index < -0.39 is 0 Å². The van der Waals surface area contributed by atoms with Crippen LogP contribution in [-0.2, 0) is 6.42 Å². The number of nitrogens with zero attached hydrogens (tertiary/aromatic N) is 3. The number of aromatic nitrogens is 1. The fraction of sp³-hybridized carbons (Fsp3) is 0.381. The SMILES string of the molecule is COc1cccnc1N1CCN(CCCc2csc3ccc(Br)cc23)CC1. The number of piperazine rings is 1. The molecule has 0 unspecified atom stereocenters. The summed E-state index contributed by atoms with van der Waals surface area (Å²) in [6, 6.07) is 10.5. The minimum atomic E-state index is 0.862. The van der Waals surface area contributed by atoms with Crippen molar-refractivity contribution in [2.75, 3.05) is 44.7 Å². The van der Waals surface area contributed by atoms with Crippen LogP contribution in [0.4, 0.5) is 5.82 Å². The number of thiophene rings is 1. The lowest BCUT2D eigenvalue weighted by Gasteiger charge is -2.35. The lowest BCUT2D eigenvalue weighted by Crippen LogP contribution is -2.47. The van der Waals surface area contributed by atoms with Crippen molar-refractivity contribution in [1.82, 2.24) is 9.88 Å². The maximum Gasteiger partial charge on any atom is 0.171 e. The van der Waals surface area contributed by atoms with Crippen molar-refractivity contribution >= 4 is 43.2 Å². The number of aryl methyl sites for hydroxylation is 1. The molecule has 0 N–H and O–H groups in total. The molecule has 4 rings (SSSR count). The Kier molecular flexibility index (Phi) is 5.95. The average Bonchev–Trinajstić information content (AvgIpc) is 3.10. The molecule has 1 aliphatic rings. The Balaban J connectivity index is 1.29. The Morgan fingerprint density at radius 2 is 2.04 bits per heavy atom. The van der Waals surface area contributed by atoms with Gasteiger partial charge in [0.1, 0.15) is 0 Å². The topological polar surface area (TPSA) is 28.6 Å². The summed E-state index contributed by atoms with van der Waals surface area (Å²) in [5.74, 6) is 1.83. The van der Waals surface area contributed by atoms with Gasteiger partial charge in [-0.3, -0.25) is 4.90 Å². The van der Waals surface area contributed by atoms with Gasteiger partial charge in [-0.05, 0) is 66.0 Å². The minimum Gasteiger partial charge on any atom is -0.493 e. The highest BCUT2D eigenvalue weighted by molar-refractivity contribution is 9.10. The van der Waals surface area contributed by atoms with Crippen LogP contribution < -0.4 is 9.64 Å². The van der Waals surface area contributed by atoms with Crippen molar-refractivity contribution in [3.63, 3.8) is 0 Å². The summed E-state index contributed by atoms with van der Waals surface area (Å²) in [5, 5.41) is 3.73. The lowest BCUT2D eigenvalue weighted by molar-refractivity contribution is 0.254. The zero-order valence-corrected chi connectivity index (χ0v) is 17.9. The third kappa shape index (κ3) is 4.28. The molecule has 27 heavy (non-hydrogen) atoms. The van der Waals surface area contributed by atoms with Crippen molar-refractivity contribution in [3.05, 3.63) is 51.9 Å². The van der Waals surface area contributed by atoms with Gasteiger partial charge in [-0.1, -0.05) is 15.9 Å². The zero-order chi connectivity index (χ0) is 18.6. The van der Waals surface area contributed by atoms with E-state index in [-0.39, 0.29) is 0 Å². The van der Waals surface area contributed by atoms with Gasteiger partial charge in [0.2, 0.25) is 0 Å². The fourth-order valence-corrected chi connectivity index (χ4v) is 5.04. The highest BCUT2D eigenvalue weighted by Gasteiger charge is 2.20. The van der Waals surface area contributed by atoms with Crippen LogP contribution in [0.2, 0.25) is 0 Å². The number of hydrogen-bond donors (Lipinski definition) is 0. The van der Waals surface area contributed by atoms with Gasteiger partial charge in [0.25, 0.3) is 0 Å². The highest BCUT2D eigenvalue weighted by atomic mass is 79.9. The number of hydrogen-bond acceptors (Lipinski definition) is 5. The molecule has 0 saturated carbocycles. The van der Waals surface area contributed by atoms with Crippen molar-refractivity contribution in [3.8, 4) is 5.75 Å². The zero-order valence-electron chi connectivity index (χ0n) is 15.5. The van der Waals surface area contributed by atoms with Gasteiger partial charge in [0, 0.05) is 41.5 Å². The summed E-state index contributed by atoms with van der Waals surface area (Å²) in [6.45, 7) is 5.31. The molecule has 1 aliphatic heterocycles. The monoisotopic (exact) mass is 445 g/mol. The summed E-state index contributed by atoms with van der Waals surface area (Å²) in [6.07, 6.45) is 4.18. The number of pyridine rings is 1. The quantitative estimate of drug-likeness (QED) is 0.543. The number of ether oxygens (including phenoxy) is 1. The van der Waals surface area contributed by atoms with E-state index >= 15 is 0 Å². The number of anilines is 1. The first-order chi connectivity index (χ1) is 13.2. The fourth-order valence-electron chi connectivity index (χ4n) is 3.70. The van der Waals surface area contributed by atoms with E-state index in [2.05, 4.69) is 54.3 Å². The van der Waals surface area contributed by atoms with E-state index in [4.69, 9.17) is 4.74 Å². The van der Waals surface area contributed by atoms with Crippen molar-refractivity contribution in [1.29, 1.82) is 0 Å². The first-order valence-corrected chi connectivity index (χ1v) is 11.0. The largest absolute Gasteiger partial charge is 0.493 e. The Morgan fingerprint density at radius 1 is 1.19 bits per heavy atom. The summed E-state index contributed by atoms with van der Waals surface area (Å²) in [4.78, 5) is 9.41. The van der Waals surface area contributed by atoms with E-state index in [0.717, 1.165) is 55.2 Å². The van der Waals surface area contributed by atoms with Gasteiger partial charge in [0.05, 0.1) is 7.11 Å². The average molecular weight is 446 g/mol. The molecule has 3 aromatic rings. The number of methoxy groups -OCH3 is 1. The van der Waals surface area contributed by atoms with E-state index in [9.17, 15) is 0 Å². The number of fused-ring (bicyclic) bond motifs is 1. The maximum absolute atomic E-state index is 5.46. The summed E-state index contributed by atoms with van der Waals surface area (Å²) in [5.41, 5.74) is 1.48. The van der Waals surface area contributed by atoms with Gasteiger partial charge in [-0.25, -0.2) is 4.98 Å². The third-order valence-electron chi connectivity index (χ3n) is 5.18. The normalized spacial score (nSPS) is 15.4.